The van der Waals surface area contributed by atoms with E-state index in [1.165, 1.54) is 12.8 Å². The maximum atomic E-state index is 12.3. The van der Waals surface area contributed by atoms with Gasteiger partial charge in [0.2, 0.25) is 6.79 Å². The van der Waals surface area contributed by atoms with Crippen molar-refractivity contribution in [2.75, 3.05) is 6.79 Å². The Labute approximate surface area is 129 Å². The molecule has 3 aliphatic heterocycles. The van der Waals surface area contributed by atoms with Gasteiger partial charge in [0.25, 0.3) is 5.91 Å². The van der Waals surface area contributed by atoms with Crippen molar-refractivity contribution in [3.8, 4) is 11.5 Å². The number of piperidine rings is 1. The lowest BCUT2D eigenvalue weighted by atomic mass is 9.99. The second-order valence-corrected chi connectivity index (χ2v) is 5.85. The second kappa shape index (κ2) is 5.73. The molecule has 2 N–H and O–H groups in total. The summed E-state index contributed by atoms with van der Waals surface area (Å²) in [5, 5.41) is 6.73. The van der Waals surface area contributed by atoms with Crippen LogP contribution in [0.5, 0.6) is 11.5 Å². The number of fused-ring (bicyclic) bond motifs is 3. The van der Waals surface area contributed by atoms with Crippen LogP contribution in [-0.2, 0) is 0 Å². The van der Waals surface area contributed by atoms with Gasteiger partial charge in [-0.25, -0.2) is 0 Å². The Bertz CT molecular complexity index is 540. The van der Waals surface area contributed by atoms with E-state index in [9.17, 15) is 4.79 Å². The number of ether oxygens (including phenoxy) is 2. The summed E-state index contributed by atoms with van der Waals surface area (Å²) in [7, 11) is 0. The Morgan fingerprint density at radius 2 is 1.86 bits per heavy atom. The average Bonchev–Trinajstić information content (AvgIpc) is 3.04. The molecule has 0 saturated carbocycles. The molecule has 2 fully saturated rings. The van der Waals surface area contributed by atoms with E-state index in [4.69, 9.17) is 9.47 Å². The zero-order chi connectivity index (χ0) is 13.5. The first-order valence-corrected chi connectivity index (χ1v) is 7.24. The van der Waals surface area contributed by atoms with Gasteiger partial charge < -0.3 is 20.1 Å². The fourth-order valence-electron chi connectivity index (χ4n) is 3.48. The van der Waals surface area contributed by atoms with E-state index in [1.807, 2.05) is 0 Å². The number of carbonyl (C=O) groups excluding carboxylic acids is 1. The van der Waals surface area contributed by atoms with E-state index >= 15 is 0 Å². The SMILES string of the molecule is Cl.O=C(NC1CC2CCC(C1)N2)c1ccc2c(c1)OCO2. The predicted octanol–water partition coefficient (Wildman–Crippen LogP) is 1.85. The first kappa shape index (κ1) is 14.5. The molecule has 2 atom stereocenters. The van der Waals surface area contributed by atoms with Crippen LogP contribution in [0.15, 0.2) is 18.2 Å². The van der Waals surface area contributed by atoms with Crippen molar-refractivity contribution in [1.82, 2.24) is 10.6 Å². The molecule has 3 heterocycles. The van der Waals surface area contributed by atoms with Crippen molar-refractivity contribution in [2.45, 2.75) is 43.8 Å². The molecule has 2 bridgehead atoms. The molecular weight excluding hydrogens is 292 g/mol. The molecule has 1 aromatic carbocycles. The molecule has 21 heavy (non-hydrogen) atoms. The maximum absolute atomic E-state index is 12.3. The molecule has 0 spiro atoms. The summed E-state index contributed by atoms with van der Waals surface area (Å²) >= 11 is 0. The third kappa shape index (κ3) is 2.80. The summed E-state index contributed by atoms with van der Waals surface area (Å²) in [5.41, 5.74) is 0.639. The zero-order valence-corrected chi connectivity index (χ0v) is 12.4. The van der Waals surface area contributed by atoms with E-state index in [0.29, 0.717) is 29.1 Å². The normalized spacial score (nSPS) is 28.9. The molecule has 1 amide bonds. The summed E-state index contributed by atoms with van der Waals surface area (Å²) in [6.45, 7) is 0.234. The molecule has 4 rings (SSSR count). The number of rotatable bonds is 2. The molecule has 2 unspecified atom stereocenters. The molecule has 1 aromatic rings. The molecule has 2 saturated heterocycles. The Hall–Kier alpha value is -1.46. The van der Waals surface area contributed by atoms with E-state index < -0.39 is 0 Å². The van der Waals surface area contributed by atoms with Crippen LogP contribution < -0.4 is 20.1 Å². The van der Waals surface area contributed by atoms with Crippen LogP contribution in [0.3, 0.4) is 0 Å². The Balaban J connectivity index is 0.00000132. The minimum atomic E-state index is -0.0189. The highest BCUT2D eigenvalue weighted by atomic mass is 35.5. The summed E-state index contributed by atoms with van der Waals surface area (Å²) in [6, 6.07) is 6.79. The average molecular weight is 311 g/mol. The van der Waals surface area contributed by atoms with Crippen molar-refractivity contribution in [3.63, 3.8) is 0 Å². The number of nitrogens with one attached hydrogen (secondary N) is 2. The van der Waals surface area contributed by atoms with Gasteiger partial charge in [-0.3, -0.25) is 4.79 Å². The minimum absolute atomic E-state index is 0. The number of hydrogen-bond donors (Lipinski definition) is 2. The van der Waals surface area contributed by atoms with Crippen molar-refractivity contribution < 1.29 is 14.3 Å². The van der Waals surface area contributed by atoms with E-state index in [1.54, 1.807) is 18.2 Å². The van der Waals surface area contributed by atoms with Crippen molar-refractivity contribution in [1.29, 1.82) is 0 Å². The van der Waals surface area contributed by atoms with Crippen molar-refractivity contribution in [2.24, 2.45) is 0 Å². The van der Waals surface area contributed by atoms with Crippen molar-refractivity contribution in [3.05, 3.63) is 23.8 Å². The Morgan fingerprint density at radius 3 is 2.62 bits per heavy atom. The van der Waals surface area contributed by atoms with Gasteiger partial charge in [0.1, 0.15) is 0 Å². The maximum Gasteiger partial charge on any atom is 0.251 e. The Kier molecular flexibility index (Phi) is 3.95. The monoisotopic (exact) mass is 310 g/mol. The third-order valence-corrected chi connectivity index (χ3v) is 4.44. The molecule has 0 aliphatic carbocycles. The number of carbonyl (C=O) groups is 1. The van der Waals surface area contributed by atoms with Gasteiger partial charge in [-0.2, -0.15) is 0 Å². The minimum Gasteiger partial charge on any atom is -0.454 e. The molecule has 3 aliphatic rings. The molecule has 114 valence electrons. The summed E-state index contributed by atoms with van der Waals surface area (Å²) in [5.74, 6) is 1.35. The lowest BCUT2D eigenvalue weighted by molar-refractivity contribution is 0.0923. The van der Waals surface area contributed by atoms with Gasteiger partial charge in [-0.15, -0.1) is 12.4 Å². The first-order valence-electron chi connectivity index (χ1n) is 7.24. The predicted molar refractivity (Wildman–Crippen MR) is 80.2 cm³/mol. The molecule has 5 nitrogen and oxygen atoms in total. The van der Waals surface area contributed by atoms with E-state index in [2.05, 4.69) is 10.6 Å². The van der Waals surface area contributed by atoms with E-state index in [-0.39, 0.29) is 31.1 Å². The Morgan fingerprint density at radius 1 is 1.14 bits per heavy atom. The second-order valence-electron chi connectivity index (χ2n) is 5.85. The smallest absolute Gasteiger partial charge is 0.251 e. The number of halogens is 1. The fraction of sp³-hybridized carbons (Fsp3) is 0.533. The summed E-state index contributed by atoms with van der Waals surface area (Å²) in [4.78, 5) is 12.3. The summed E-state index contributed by atoms with van der Waals surface area (Å²) < 4.78 is 10.6. The fourth-order valence-corrected chi connectivity index (χ4v) is 3.48. The van der Waals surface area contributed by atoms with Gasteiger partial charge in [0, 0.05) is 23.7 Å². The third-order valence-electron chi connectivity index (χ3n) is 4.44. The highest BCUT2D eigenvalue weighted by molar-refractivity contribution is 5.95. The van der Waals surface area contributed by atoms with Crippen LogP contribution in [0.2, 0.25) is 0 Å². The molecule has 0 radical (unpaired) electrons. The van der Waals surface area contributed by atoms with Crippen LogP contribution in [0, 0.1) is 0 Å². The first-order chi connectivity index (χ1) is 9.78. The molecule has 0 aromatic heterocycles. The van der Waals surface area contributed by atoms with Crippen LogP contribution >= 0.6 is 12.4 Å². The number of amides is 1. The lowest BCUT2D eigenvalue weighted by Gasteiger charge is -2.29. The zero-order valence-electron chi connectivity index (χ0n) is 11.6. The number of hydrogen-bond acceptors (Lipinski definition) is 4. The highest BCUT2D eigenvalue weighted by Gasteiger charge is 2.34. The molecular formula is C15H19ClN2O3. The van der Waals surface area contributed by atoms with Gasteiger partial charge in [-0.1, -0.05) is 0 Å². The standard InChI is InChI=1S/C15H18N2O3.ClH/c18-15(9-1-4-13-14(5-9)20-8-19-13)17-12-6-10-2-3-11(7-12)16-10;/h1,4-5,10-12,16H,2-3,6-8H2,(H,17,18);1H. The van der Waals surface area contributed by atoms with Gasteiger partial charge >= 0.3 is 0 Å². The van der Waals surface area contributed by atoms with Gasteiger partial charge in [0.05, 0.1) is 0 Å². The van der Waals surface area contributed by atoms with Crippen LogP contribution in [0.4, 0.5) is 0 Å². The summed E-state index contributed by atoms with van der Waals surface area (Å²) in [6.07, 6.45) is 4.54. The lowest BCUT2D eigenvalue weighted by Crippen LogP contribution is -2.48. The largest absolute Gasteiger partial charge is 0.454 e. The number of benzene rings is 1. The van der Waals surface area contributed by atoms with Crippen molar-refractivity contribution >= 4 is 18.3 Å². The van der Waals surface area contributed by atoms with Crippen LogP contribution in [-0.4, -0.2) is 30.8 Å². The van der Waals surface area contributed by atoms with Crippen LogP contribution in [0.1, 0.15) is 36.0 Å². The van der Waals surface area contributed by atoms with E-state index in [0.717, 1.165) is 12.8 Å². The topological polar surface area (TPSA) is 59.6 Å². The van der Waals surface area contributed by atoms with Gasteiger partial charge in [0.15, 0.2) is 11.5 Å². The van der Waals surface area contributed by atoms with Gasteiger partial charge in [-0.05, 0) is 43.9 Å². The quantitative estimate of drug-likeness (QED) is 0.875. The highest BCUT2D eigenvalue weighted by Crippen LogP contribution is 2.32. The molecule has 6 heteroatoms. The van der Waals surface area contributed by atoms with Crippen LogP contribution in [0.25, 0.3) is 0 Å².